The molecule has 1 aromatic rings. The highest BCUT2D eigenvalue weighted by Crippen LogP contribution is 2.26. The quantitative estimate of drug-likeness (QED) is 0.676. The van der Waals surface area contributed by atoms with Gasteiger partial charge in [-0.1, -0.05) is 0 Å². The van der Waals surface area contributed by atoms with Crippen LogP contribution in [0, 0.1) is 10.1 Å². The smallest absolute Gasteiger partial charge is 0.311 e. The molecule has 1 fully saturated rings. The molecule has 0 saturated carbocycles. The van der Waals surface area contributed by atoms with Gasteiger partial charge in [-0.25, -0.2) is 0 Å². The Morgan fingerprint density at radius 2 is 2.29 bits per heavy atom. The summed E-state index contributed by atoms with van der Waals surface area (Å²) in [5, 5.41) is 20.2. The SMILES string of the molecule is CN(CC1CCCCO1)C(=O)c1ccc(O)c([N+](=O)[O-])c1. The molecule has 1 unspecified atom stereocenters. The molecule has 1 heterocycles. The second-order valence-corrected chi connectivity index (χ2v) is 5.13. The van der Waals surface area contributed by atoms with Crippen molar-refractivity contribution in [3.63, 3.8) is 0 Å². The Morgan fingerprint density at radius 3 is 2.90 bits per heavy atom. The van der Waals surface area contributed by atoms with Gasteiger partial charge < -0.3 is 14.7 Å². The Balaban J connectivity index is 2.08. The Hall–Kier alpha value is -2.15. The van der Waals surface area contributed by atoms with Gasteiger partial charge in [-0.3, -0.25) is 14.9 Å². The van der Waals surface area contributed by atoms with Crippen molar-refractivity contribution in [2.75, 3.05) is 20.2 Å². The number of nitro groups is 1. The van der Waals surface area contributed by atoms with Gasteiger partial charge in [-0.2, -0.15) is 0 Å². The maximum atomic E-state index is 12.3. The van der Waals surface area contributed by atoms with Crippen LogP contribution in [-0.4, -0.2) is 47.1 Å². The number of nitro benzene ring substituents is 1. The molecule has 0 bridgehead atoms. The van der Waals surface area contributed by atoms with Crippen molar-refractivity contribution in [1.29, 1.82) is 0 Å². The number of ether oxygens (including phenoxy) is 1. The zero-order valence-corrected chi connectivity index (χ0v) is 11.8. The fourth-order valence-electron chi connectivity index (χ4n) is 2.36. The number of likely N-dealkylation sites (N-methyl/N-ethyl adjacent to an activating group) is 1. The van der Waals surface area contributed by atoms with Crippen molar-refractivity contribution >= 4 is 11.6 Å². The number of benzene rings is 1. The third-order valence-corrected chi connectivity index (χ3v) is 3.52. The number of rotatable bonds is 4. The molecule has 1 aliphatic heterocycles. The van der Waals surface area contributed by atoms with Crippen LogP contribution in [0.15, 0.2) is 18.2 Å². The van der Waals surface area contributed by atoms with Gasteiger partial charge in [0, 0.05) is 31.8 Å². The first-order chi connectivity index (χ1) is 9.99. The highest BCUT2D eigenvalue weighted by molar-refractivity contribution is 5.95. The number of nitrogens with zero attached hydrogens (tertiary/aromatic N) is 2. The molecular formula is C14H18N2O5. The van der Waals surface area contributed by atoms with Gasteiger partial charge >= 0.3 is 5.69 Å². The summed E-state index contributed by atoms with van der Waals surface area (Å²) in [5.41, 5.74) is -0.291. The van der Waals surface area contributed by atoms with Crippen molar-refractivity contribution < 1.29 is 19.6 Å². The van der Waals surface area contributed by atoms with E-state index in [4.69, 9.17) is 4.74 Å². The van der Waals surface area contributed by atoms with Crippen LogP contribution in [0.4, 0.5) is 5.69 Å². The van der Waals surface area contributed by atoms with Gasteiger partial charge in [-0.05, 0) is 31.4 Å². The molecule has 1 aromatic carbocycles. The molecule has 1 saturated heterocycles. The first-order valence-electron chi connectivity index (χ1n) is 6.83. The van der Waals surface area contributed by atoms with Crippen LogP contribution in [0.1, 0.15) is 29.6 Å². The van der Waals surface area contributed by atoms with Gasteiger partial charge in [0.2, 0.25) is 0 Å². The maximum absolute atomic E-state index is 12.3. The summed E-state index contributed by atoms with van der Waals surface area (Å²) in [4.78, 5) is 23.8. The van der Waals surface area contributed by atoms with E-state index in [1.54, 1.807) is 7.05 Å². The van der Waals surface area contributed by atoms with Crippen molar-refractivity contribution in [3.8, 4) is 5.75 Å². The molecule has 0 radical (unpaired) electrons. The maximum Gasteiger partial charge on any atom is 0.311 e. The van der Waals surface area contributed by atoms with Gasteiger partial charge in [-0.15, -0.1) is 0 Å². The molecule has 21 heavy (non-hydrogen) atoms. The lowest BCUT2D eigenvalue weighted by Gasteiger charge is -2.27. The monoisotopic (exact) mass is 294 g/mol. The third-order valence-electron chi connectivity index (χ3n) is 3.52. The Bertz CT molecular complexity index is 540. The highest BCUT2D eigenvalue weighted by atomic mass is 16.6. The third kappa shape index (κ3) is 3.69. The van der Waals surface area contributed by atoms with Crippen LogP contribution in [0.5, 0.6) is 5.75 Å². The van der Waals surface area contributed by atoms with Crippen LogP contribution in [0.3, 0.4) is 0 Å². The van der Waals surface area contributed by atoms with Gasteiger partial charge in [0.05, 0.1) is 11.0 Å². The summed E-state index contributed by atoms with van der Waals surface area (Å²) in [6.07, 6.45) is 3.04. The molecule has 2 rings (SSSR count). The van der Waals surface area contributed by atoms with Crippen molar-refractivity contribution in [2.45, 2.75) is 25.4 Å². The Kier molecular flexibility index (Phi) is 4.74. The first kappa shape index (κ1) is 15.2. The van der Waals surface area contributed by atoms with Crippen molar-refractivity contribution in [3.05, 3.63) is 33.9 Å². The second-order valence-electron chi connectivity index (χ2n) is 5.13. The van der Waals surface area contributed by atoms with E-state index in [-0.39, 0.29) is 17.6 Å². The summed E-state index contributed by atoms with van der Waals surface area (Å²) in [5.74, 6) is -0.776. The van der Waals surface area contributed by atoms with Crippen LogP contribution < -0.4 is 0 Å². The molecule has 0 aliphatic carbocycles. The molecule has 7 nitrogen and oxygen atoms in total. The minimum Gasteiger partial charge on any atom is -0.502 e. The molecule has 1 atom stereocenters. The minimum absolute atomic E-state index is 0.0137. The minimum atomic E-state index is -0.712. The molecule has 1 amide bonds. The Labute approximate surface area is 122 Å². The number of amides is 1. The predicted octanol–water partition coefficient (Wildman–Crippen LogP) is 1.94. The molecule has 0 aromatic heterocycles. The summed E-state index contributed by atoms with van der Waals surface area (Å²) < 4.78 is 5.57. The van der Waals surface area contributed by atoms with Crippen LogP contribution in [-0.2, 0) is 4.74 Å². The highest BCUT2D eigenvalue weighted by Gasteiger charge is 2.22. The average Bonchev–Trinajstić information content (AvgIpc) is 2.47. The topological polar surface area (TPSA) is 92.9 Å². The van der Waals surface area contributed by atoms with Crippen LogP contribution in [0.25, 0.3) is 0 Å². The number of phenols is 1. The fraction of sp³-hybridized carbons (Fsp3) is 0.500. The molecule has 0 spiro atoms. The number of hydrogen-bond donors (Lipinski definition) is 1. The largest absolute Gasteiger partial charge is 0.502 e. The number of aromatic hydroxyl groups is 1. The molecule has 7 heteroatoms. The molecule has 1 aliphatic rings. The molecule has 114 valence electrons. The van der Waals surface area contributed by atoms with E-state index < -0.39 is 16.4 Å². The van der Waals surface area contributed by atoms with Gasteiger partial charge in [0.1, 0.15) is 0 Å². The van der Waals surface area contributed by atoms with E-state index >= 15 is 0 Å². The van der Waals surface area contributed by atoms with E-state index in [0.717, 1.165) is 31.4 Å². The summed E-state index contributed by atoms with van der Waals surface area (Å²) in [6, 6.07) is 3.63. The lowest BCUT2D eigenvalue weighted by atomic mass is 10.1. The zero-order chi connectivity index (χ0) is 15.4. The van der Waals surface area contributed by atoms with Crippen LogP contribution >= 0.6 is 0 Å². The van der Waals surface area contributed by atoms with E-state index in [1.807, 2.05) is 0 Å². The van der Waals surface area contributed by atoms with Gasteiger partial charge in [0.15, 0.2) is 5.75 Å². The summed E-state index contributed by atoms with van der Waals surface area (Å²) in [7, 11) is 1.64. The number of phenolic OH excluding ortho intramolecular Hbond substituents is 1. The number of carbonyl (C=O) groups excluding carboxylic acids is 1. The first-order valence-corrected chi connectivity index (χ1v) is 6.83. The van der Waals surface area contributed by atoms with E-state index in [2.05, 4.69) is 0 Å². The van der Waals surface area contributed by atoms with Crippen molar-refractivity contribution in [1.82, 2.24) is 4.90 Å². The average molecular weight is 294 g/mol. The van der Waals surface area contributed by atoms with E-state index in [9.17, 15) is 20.0 Å². The lowest BCUT2D eigenvalue weighted by molar-refractivity contribution is -0.385. The van der Waals surface area contributed by atoms with Crippen molar-refractivity contribution in [2.24, 2.45) is 0 Å². The van der Waals surface area contributed by atoms with E-state index in [0.29, 0.717) is 13.2 Å². The summed E-state index contributed by atoms with van der Waals surface area (Å²) in [6.45, 7) is 1.16. The van der Waals surface area contributed by atoms with Gasteiger partial charge in [0.25, 0.3) is 5.91 Å². The number of hydrogen-bond acceptors (Lipinski definition) is 5. The predicted molar refractivity (Wildman–Crippen MR) is 75.3 cm³/mol. The lowest BCUT2D eigenvalue weighted by Crippen LogP contribution is -2.37. The van der Waals surface area contributed by atoms with Crippen LogP contribution in [0.2, 0.25) is 0 Å². The normalized spacial score (nSPS) is 18.2. The fourth-order valence-corrected chi connectivity index (χ4v) is 2.36. The summed E-state index contributed by atoms with van der Waals surface area (Å²) >= 11 is 0. The standard InChI is InChI=1S/C14H18N2O5/c1-15(9-11-4-2-3-7-21-11)14(18)10-5-6-13(17)12(8-10)16(19)20/h5-6,8,11,17H,2-4,7,9H2,1H3. The Morgan fingerprint density at radius 1 is 1.52 bits per heavy atom. The zero-order valence-electron chi connectivity index (χ0n) is 11.8. The molecular weight excluding hydrogens is 276 g/mol. The second kappa shape index (κ2) is 6.53. The van der Waals surface area contributed by atoms with E-state index in [1.165, 1.54) is 11.0 Å². The molecule has 1 N–H and O–H groups in total. The number of carbonyl (C=O) groups is 1.